The van der Waals surface area contributed by atoms with Crippen molar-refractivity contribution in [3.63, 3.8) is 0 Å². The standard InChI is InChI=1S/C19H21N3O2S.ClH/c23-18(16-12-14-4-1-2-5-15(14)13-20-16)21-7-9-22(10-8-21)19(24)17-6-3-11-25-17;/h1-6,11,16,20H,7-10,12-13H2;1H. The van der Waals surface area contributed by atoms with Gasteiger partial charge in [0.15, 0.2) is 0 Å². The summed E-state index contributed by atoms with van der Waals surface area (Å²) in [4.78, 5) is 29.7. The molecule has 1 aromatic heterocycles. The van der Waals surface area contributed by atoms with Gasteiger partial charge in [-0.3, -0.25) is 9.59 Å². The molecule has 5 nitrogen and oxygen atoms in total. The molecule has 1 atom stereocenters. The molecule has 1 fully saturated rings. The third kappa shape index (κ3) is 3.77. The Morgan fingerprint density at radius 3 is 2.35 bits per heavy atom. The molecule has 3 heterocycles. The van der Waals surface area contributed by atoms with E-state index >= 15 is 0 Å². The van der Waals surface area contributed by atoms with E-state index in [0.717, 1.165) is 17.8 Å². The van der Waals surface area contributed by atoms with Crippen molar-refractivity contribution in [3.05, 3.63) is 57.8 Å². The van der Waals surface area contributed by atoms with Gasteiger partial charge in [-0.05, 0) is 29.0 Å². The van der Waals surface area contributed by atoms with Crippen LogP contribution in [0.4, 0.5) is 0 Å². The van der Waals surface area contributed by atoms with Crippen molar-refractivity contribution in [2.75, 3.05) is 26.2 Å². The Kier molecular flexibility index (Phi) is 5.96. The van der Waals surface area contributed by atoms with Crippen LogP contribution in [0.25, 0.3) is 0 Å². The summed E-state index contributed by atoms with van der Waals surface area (Å²) in [6.07, 6.45) is 0.739. The number of rotatable bonds is 2. The molecule has 0 aliphatic carbocycles. The molecule has 2 aromatic rings. The molecule has 1 N–H and O–H groups in total. The smallest absolute Gasteiger partial charge is 0.264 e. The van der Waals surface area contributed by atoms with Crippen molar-refractivity contribution in [1.29, 1.82) is 0 Å². The lowest BCUT2D eigenvalue weighted by molar-refractivity contribution is -0.135. The van der Waals surface area contributed by atoms with Gasteiger partial charge in [0.05, 0.1) is 10.9 Å². The molecular formula is C19H22ClN3O2S. The van der Waals surface area contributed by atoms with Crippen molar-refractivity contribution in [3.8, 4) is 0 Å². The van der Waals surface area contributed by atoms with Gasteiger partial charge in [-0.1, -0.05) is 30.3 Å². The normalized spacial score (nSPS) is 19.5. The second-order valence-corrected chi connectivity index (χ2v) is 7.45. The summed E-state index contributed by atoms with van der Waals surface area (Å²) < 4.78 is 0. The minimum Gasteiger partial charge on any atom is -0.338 e. The average molecular weight is 392 g/mol. The first-order valence-electron chi connectivity index (χ1n) is 8.64. The highest BCUT2D eigenvalue weighted by Crippen LogP contribution is 2.19. The molecule has 0 radical (unpaired) electrons. The van der Waals surface area contributed by atoms with Crippen LogP contribution in [-0.4, -0.2) is 53.8 Å². The van der Waals surface area contributed by atoms with Gasteiger partial charge in [0.25, 0.3) is 5.91 Å². The van der Waals surface area contributed by atoms with Crippen molar-refractivity contribution in [2.45, 2.75) is 19.0 Å². The number of fused-ring (bicyclic) bond motifs is 1. The third-order valence-corrected chi connectivity index (χ3v) is 5.85. The van der Waals surface area contributed by atoms with Crippen molar-refractivity contribution in [1.82, 2.24) is 15.1 Å². The van der Waals surface area contributed by atoms with E-state index in [4.69, 9.17) is 0 Å². The molecule has 138 valence electrons. The molecule has 0 saturated carbocycles. The fourth-order valence-corrected chi connectivity index (χ4v) is 4.23. The number of thiophene rings is 1. The number of hydrogen-bond acceptors (Lipinski definition) is 4. The van der Waals surface area contributed by atoms with Crippen molar-refractivity contribution >= 4 is 35.6 Å². The average Bonchev–Trinajstić information content (AvgIpc) is 3.21. The minimum atomic E-state index is -0.158. The zero-order chi connectivity index (χ0) is 17.2. The zero-order valence-corrected chi connectivity index (χ0v) is 16.0. The Morgan fingerprint density at radius 2 is 1.65 bits per heavy atom. The maximum absolute atomic E-state index is 12.8. The summed E-state index contributed by atoms with van der Waals surface area (Å²) in [7, 11) is 0. The maximum Gasteiger partial charge on any atom is 0.264 e. The van der Waals surface area contributed by atoms with E-state index in [1.807, 2.05) is 39.4 Å². The monoisotopic (exact) mass is 391 g/mol. The van der Waals surface area contributed by atoms with E-state index in [2.05, 4.69) is 17.4 Å². The Balaban J connectivity index is 0.00000196. The number of piperazine rings is 1. The molecule has 1 saturated heterocycles. The van der Waals surface area contributed by atoms with Gasteiger partial charge in [-0.15, -0.1) is 23.7 Å². The molecule has 2 aliphatic heterocycles. The molecule has 7 heteroatoms. The van der Waals surface area contributed by atoms with Crippen LogP contribution in [0.15, 0.2) is 41.8 Å². The first-order valence-corrected chi connectivity index (χ1v) is 9.52. The summed E-state index contributed by atoms with van der Waals surface area (Å²) in [6, 6.07) is 11.9. The first kappa shape index (κ1) is 18.9. The van der Waals surface area contributed by atoms with Gasteiger partial charge in [0.2, 0.25) is 5.91 Å². The quantitative estimate of drug-likeness (QED) is 0.853. The number of amides is 2. The SMILES string of the molecule is Cl.O=C(c1cccs1)N1CCN(C(=O)C2Cc3ccccc3CN2)CC1. The van der Waals surface area contributed by atoms with E-state index in [1.165, 1.54) is 22.5 Å². The number of nitrogens with one attached hydrogen (secondary N) is 1. The number of benzene rings is 1. The summed E-state index contributed by atoms with van der Waals surface area (Å²) in [5.74, 6) is 0.226. The molecule has 4 rings (SSSR count). The van der Waals surface area contributed by atoms with E-state index in [0.29, 0.717) is 26.2 Å². The van der Waals surface area contributed by atoms with Crippen LogP contribution in [0.3, 0.4) is 0 Å². The summed E-state index contributed by atoms with van der Waals surface area (Å²) in [6.45, 7) is 3.16. The van der Waals surface area contributed by atoms with Crippen molar-refractivity contribution in [2.24, 2.45) is 0 Å². The summed E-state index contributed by atoms with van der Waals surface area (Å²) in [5.41, 5.74) is 2.53. The van der Waals surface area contributed by atoms with Gasteiger partial charge in [0, 0.05) is 32.7 Å². The van der Waals surface area contributed by atoms with E-state index in [1.54, 1.807) is 0 Å². The third-order valence-electron chi connectivity index (χ3n) is 4.99. The van der Waals surface area contributed by atoms with Crippen LogP contribution in [0.1, 0.15) is 20.8 Å². The number of halogens is 1. The number of hydrogen-bond donors (Lipinski definition) is 1. The van der Waals surface area contributed by atoms with Crippen LogP contribution in [-0.2, 0) is 17.8 Å². The molecule has 2 amide bonds. The maximum atomic E-state index is 12.8. The van der Waals surface area contributed by atoms with Crippen molar-refractivity contribution < 1.29 is 9.59 Å². The lowest BCUT2D eigenvalue weighted by Gasteiger charge is -2.37. The second kappa shape index (κ2) is 8.20. The van der Waals surface area contributed by atoms with Gasteiger partial charge in [0.1, 0.15) is 0 Å². The number of nitrogens with zero attached hydrogens (tertiary/aromatic N) is 2. The fourth-order valence-electron chi connectivity index (χ4n) is 3.54. The highest BCUT2D eigenvalue weighted by Gasteiger charge is 2.31. The number of carbonyl (C=O) groups is 2. The summed E-state index contributed by atoms with van der Waals surface area (Å²) >= 11 is 1.47. The summed E-state index contributed by atoms with van der Waals surface area (Å²) in [5, 5.41) is 5.27. The first-order chi connectivity index (χ1) is 12.2. The highest BCUT2D eigenvalue weighted by atomic mass is 35.5. The molecular weight excluding hydrogens is 370 g/mol. The topological polar surface area (TPSA) is 52.7 Å². The number of carbonyl (C=O) groups excluding carboxylic acids is 2. The predicted molar refractivity (Wildman–Crippen MR) is 105 cm³/mol. The minimum absolute atomic E-state index is 0. The lowest BCUT2D eigenvalue weighted by atomic mass is 9.95. The van der Waals surface area contributed by atoms with Crippen LogP contribution in [0.5, 0.6) is 0 Å². The Labute approximate surface area is 163 Å². The van der Waals surface area contributed by atoms with Crippen LogP contribution in [0.2, 0.25) is 0 Å². The Hall–Kier alpha value is -1.89. The molecule has 0 spiro atoms. The molecule has 2 aliphatic rings. The highest BCUT2D eigenvalue weighted by molar-refractivity contribution is 7.12. The molecule has 0 bridgehead atoms. The van der Waals surface area contributed by atoms with Gasteiger partial charge in [-0.2, -0.15) is 0 Å². The Bertz CT molecular complexity index is 773. The van der Waals surface area contributed by atoms with Gasteiger partial charge in [-0.25, -0.2) is 0 Å². The second-order valence-electron chi connectivity index (χ2n) is 6.50. The lowest BCUT2D eigenvalue weighted by Crippen LogP contribution is -2.56. The van der Waals surface area contributed by atoms with Gasteiger partial charge < -0.3 is 15.1 Å². The van der Waals surface area contributed by atoms with E-state index < -0.39 is 0 Å². The van der Waals surface area contributed by atoms with Gasteiger partial charge >= 0.3 is 0 Å². The molecule has 1 aromatic carbocycles. The van der Waals surface area contributed by atoms with Crippen LogP contribution in [0, 0.1) is 0 Å². The molecule has 26 heavy (non-hydrogen) atoms. The van der Waals surface area contributed by atoms with Crippen LogP contribution >= 0.6 is 23.7 Å². The van der Waals surface area contributed by atoms with E-state index in [-0.39, 0.29) is 30.3 Å². The van der Waals surface area contributed by atoms with Crippen LogP contribution < -0.4 is 5.32 Å². The predicted octanol–water partition coefficient (Wildman–Crippen LogP) is 2.17. The fraction of sp³-hybridized carbons (Fsp3) is 0.368. The molecule has 1 unspecified atom stereocenters. The zero-order valence-electron chi connectivity index (χ0n) is 14.4. The Morgan fingerprint density at radius 1 is 0.962 bits per heavy atom. The largest absolute Gasteiger partial charge is 0.338 e. The van der Waals surface area contributed by atoms with E-state index in [9.17, 15) is 9.59 Å².